The van der Waals surface area contributed by atoms with Crippen molar-refractivity contribution < 1.29 is 14.3 Å². The van der Waals surface area contributed by atoms with E-state index in [1.165, 1.54) is 23.6 Å². The van der Waals surface area contributed by atoms with Crippen LogP contribution in [-0.2, 0) is 14.3 Å². The number of carbonyl (C=O) groups excluding carboxylic acids is 1. The molecule has 136 valence electrons. The molecule has 0 fully saturated rings. The Morgan fingerprint density at radius 2 is 2.04 bits per heavy atom. The van der Waals surface area contributed by atoms with Gasteiger partial charge in [0.2, 0.25) is 5.91 Å². The molecule has 25 heavy (non-hydrogen) atoms. The quantitative estimate of drug-likeness (QED) is 0.648. The van der Waals surface area contributed by atoms with Gasteiger partial charge in [-0.05, 0) is 30.5 Å². The number of nitrogens with one attached hydrogen (secondary N) is 2. The predicted molar refractivity (Wildman–Crippen MR) is 96.7 cm³/mol. The number of hydrogen-bond acceptors (Lipinski definition) is 4. The molecule has 0 radical (unpaired) electrons. The standard InChI is InChI=1S/C19H27N3O3/c1-14-5-4-6-17(15(14)2)18(19-11-20-13-22-19)12-25-10-9-24-8-7-21-16(3)23/h4-6,11,13,18H,7-10,12H2,1-3H3,(H,20,22)(H,21,23). The Labute approximate surface area is 149 Å². The Balaban J connectivity index is 1.85. The molecule has 1 atom stereocenters. The van der Waals surface area contributed by atoms with Crippen LogP contribution in [0, 0.1) is 13.8 Å². The van der Waals surface area contributed by atoms with Gasteiger partial charge in [-0.1, -0.05) is 18.2 Å². The van der Waals surface area contributed by atoms with Gasteiger partial charge in [-0.15, -0.1) is 0 Å². The third-order valence-electron chi connectivity index (χ3n) is 4.19. The number of benzene rings is 1. The first kappa shape index (κ1) is 19.1. The van der Waals surface area contributed by atoms with E-state index in [-0.39, 0.29) is 11.8 Å². The van der Waals surface area contributed by atoms with Crippen molar-refractivity contribution in [1.29, 1.82) is 0 Å². The van der Waals surface area contributed by atoms with Gasteiger partial charge in [0.15, 0.2) is 0 Å². The first-order valence-electron chi connectivity index (χ1n) is 8.54. The molecule has 2 N–H and O–H groups in total. The number of amides is 1. The monoisotopic (exact) mass is 345 g/mol. The molecule has 6 heteroatoms. The second kappa shape index (κ2) is 9.96. The van der Waals surface area contributed by atoms with E-state index in [1.54, 1.807) is 6.33 Å². The molecule has 1 amide bonds. The van der Waals surface area contributed by atoms with E-state index in [2.05, 4.69) is 47.3 Å². The minimum atomic E-state index is -0.0456. The van der Waals surface area contributed by atoms with Crippen LogP contribution in [0.15, 0.2) is 30.7 Å². The molecule has 0 aliphatic carbocycles. The molecule has 0 bridgehead atoms. The Morgan fingerprint density at radius 1 is 1.24 bits per heavy atom. The molecule has 0 aliphatic heterocycles. The fraction of sp³-hybridized carbons (Fsp3) is 0.474. The van der Waals surface area contributed by atoms with Crippen molar-refractivity contribution in [3.63, 3.8) is 0 Å². The molecule has 0 aliphatic rings. The van der Waals surface area contributed by atoms with Gasteiger partial charge in [-0.2, -0.15) is 0 Å². The highest BCUT2D eigenvalue weighted by molar-refractivity contribution is 5.72. The number of imidazole rings is 1. The molecule has 0 spiro atoms. The van der Waals surface area contributed by atoms with E-state index < -0.39 is 0 Å². The maximum atomic E-state index is 10.8. The summed E-state index contributed by atoms with van der Waals surface area (Å²) in [5.74, 6) is 0.0672. The molecule has 0 saturated carbocycles. The number of aromatic nitrogens is 2. The number of H-pyrrole nitrogens is 1. The molecule has 6 nitrogen and oxygen atoms in total. The van der Waals surface area contributed by atoms with E-state index in [0.29, 0.717) is 33.0 Å². The van der Waals surface area contributed by atoms with E-state index in [4.69, 9.17) is 9.47 Å². The van der Waals surface area contributed by atoms with Crippen molar-refractivity contribution in [2.75, 3.05) is 33.0 Å². The van der Waals surface area contributed by atoms with Gasteiger partial charge in [0.05, 0.1) is 32.8 Å². The zero-order chi connectivity index (χ0) is 18.1. The van der Waals surface area contributed by atoms with Crippen LogP contribution in [0.1, 0.15) is 35.2 Å². The van der Waals surface area contributed by atoms with Gasteiger partial charge < -0.3 is 19.8 Å². The summed E-state index contributed by atoms with van der Waals surface area (Å²) >= 11 is 0. The van der Waals surface area contributed by atoms with E-state index in [9.17, 15) is 4.79 Å². The van der Waals surface area contributed by atoms with Crippen LogP contribution in [0.25, 0.3) is 0 Å². The van der Waals surface area contributed by atoms with Crippen LogP contribution in [0.4, 0.5) is 0 Å². The lowest BCUT2D eigenvalue weighted by Crippen LogP contribution is -2.25. The summed E-state index contributed by atoms with van der Waals surface area (Å²) in [6.07, 6.45) is 3.54. The van der Waals surface area contributed by atoms with Crippen molar-refractivity contribution in [3.8, 4) is 0 Å². The summed E-state index contributed by atoms with van der Waals surface area (Å²) in [5.41, 5.74) is 4.83. The number of aromatic amines is 1. The minimum Gasteiger partial charge on any atom is -0.378 e. The molecule has 2 rings (SSSR count). The highest BCUT2D eigenvalue weighted by Gasteiger charge is 2.18. The molecule has 1 aromatic heterocycles. The van der Waals surface area contributed by atoms with Crippen LogP contribution in [0.2, 0.25) is 0 Å². The van der Waals surface area contributed by atoms with Crippen LogP contribution in [0.5, 0.6) is 0 Å². The number of carbonyl (C=O) groups is 1. The van der Waals surface area contributed by atoms with E-state index in [0.717, 1.165) is 5.69 Å². The maximum Gasteiger partial charge on any atom is 0.216 e. The molecule has 2 aromatic rings. The second-order valence-corrected chi connectivity index (χ2v) is 6.02. The lowest BCUT2D eigenvalue weighted by atomic mass is 9.91. The van der Waals surface area contributed by atoms with Gasteiger partial charge in [-0.25, -0.2) is 4.98 Å². The average Bonchev–Trinajstić information content (AvgIpc) is 3.10. The van der Waals surface area contributed by atoms with Crippen molar-refractivity contribution in [2.45, 2.75) is 26.7 Å². The average molecular weight is 345 g/mol. The molecule has 1 unspecified atom stereocenters. The lowest BCUT2D eigenvalue weighted by molar-refractivity contribution is -0.119. The van der Waals surface area contributed by atoms with Gasteiger partial charge >= 0.3 is 0 Å². The fourth-order valence-corrected chi connectivity index (χ4v) is 2.68. The zero-order valence-corrected chi connectivity index (χ0v) is 15.2. The van der Waals surface area contributed by atoms with Crippen molar-refractivity contribution in [2.24, 2.45) is 0 Å². The molecule has 1 aromatic carbocycles. The highest BCUT2D eigenvalue weighted by atomic mass is 16.5. The smallest absolute Gasteiger partial charge is 0.216 e. The third kappa shape index (κ3) is 5.99. The predicted octanol–water partition coefficient (Wildman–Crippen LogP) is 2.33. The summed E-state index contributed by atoms with van der Waals surface area (Å²) < 4.78 is 11.3. The second-order valence-electron chi connectivity index (χ2n) is 6.02. The third-order valence-corrected chi connectivity index (χ3v) is 4.19. The molecule has 0 saturated heterocycles. The Bertz CT molecular complexity index is 656. The summed E-state index contributed by atoms with van der Waals surface area (Å²) in [4.78, 5) is 18.1. The van der Waals surface area contributed by atoms with Crippen molar-refractivity contribution >= 4 is 5.91 Å². The number of hydrogen-bond donors (Lipinski definition) is 2. The first-order valence-corrected chi connectivity index (χ1v) is 8.54. The number of ether oxygens (including phenoxy) is 2. The van der Waals surface area contributed by atoms with Crippen LogP contribution in [0.3, 0.4) is 0 Å². The van der Waals surface area contributed by atoms with Gasteiger partial charge in [0.25, 0.3) is 0 Å². The van der Waals surface area contributed by atoms with Gasteiger partial charge in [0, 0.05) is 31.3 Å². The van der Waals surface area contributed by atoms with E-state index in [1.807, 2.05) is 6.20 Å². The van der Waals surface area contributed by atoms with Gasteiger partial charge in [-0.3, -0.25) is 4.79 Å². The number of nitrogens with zero attached hydrogens (tertiary/aromatic N) is 1. The SMILES string of the molecule is CC(=O)NCCOCCOCC(c1cnc[nH]1)c1cccc(C)c1C. The highest BCUT2D eigenvalue weighted by Crippen LogP contribution is 2.27. The van der Waals surface area contributed by atoms with Crippen LogP contribution < -0.4 is 5.32 Å². The first-order chi connectivity index (χ1) is 12.1. The van der Waals surface area contributed by atoms with Crippen molar-refractivity contribution in [3.05, 3.63) is 53.1 Å². The van der Waals surface area contributed by atoms with Gasteiger partial charge in [0.1, 0.15) is 0 Å². The maximum absolute atomic E-state index is 10.8. The topological polar surface area (TPSA) is 76.2 Å². The fourth-order valence-electron chi connectivity index (χ4n) is 2.68. The largest absolute Gasteiger partial charge is 0.378 e. The summed E-state index contributed by atoms with van der Waals surface area (Å²) in [6, 6.07) is 6.33. The van der Waals surface area contributed by atoms with E-state index >= 15 is 0 Å². The van der Waals surface area contributed by atoms with Crippen molar-refractivity contribution in [1.82, 2.24) is 15.3 Å². The number of aryl methyl sites for hydroxylation is 1. The molecular weight excluding hydrogens is 318 g/mol. The Kier molecular flexibility index (Phi) is 7.63. The zero-order valence-electron chi connectivity index (χ0n) is 15.2. The lowest BCUT2D eigenvalue weighted by Gasteiger charge is -2.19. The molecule has 1 heterocycles. The minimum absolute atomic E-state index is 0.0456. The normalized spacial score (nSPS) is 12.1. The van der Waals surface area contributed by atoms with Crippen LogP contribution in [-0.4, -0.2) is 48.8 Å². The molecular formula is C19H27N3O3. The Morgan fingerprint density at radius 3 is 2.76 bits per heavy atom. The summed E-state index contributed by atoms with van der Waals surface area (Å²) in [6.45, 7) is 8.33. The number of rotatable bonds is 10. The Hall–Kier alpha value is -2.18. The van der Waals surface area contributed by atoms with Crippen LogP contribution >= 0.6 is 0 Å². The summed E-state index contributed by atoms with van der Waals surface area (Å²) in [7, 11) is 0. The summed E-state index contributed by atoms with van der Waals surface area (Å²) in [5, 5.41) is 2.69.